The van der Waals surface area contributed by atoms with E-state index in [-0.39, 0.29) is 31.3 Å². The highest BCUT2D eigenvalue weighted by molar-refractivity contribution is 5.83. The second-order valence-corrected chi connectivity index (χ2v) is 6.53. The Kier molecular flexibility index (Phi) is 8.96. The number of hydrogen-bond acceptors (Lipinski definition) is 4. The normalized spacial score (nSPS) is 15.6. The van der Waals surface area contributed by atoms with Gasteiger partial charge in [-0.3, -0.25) is 9.59 Å². The fraction of sp³-hybridized carbons (Fsp3) is 0.409. The SMILES string of the molecule is O=C(O)COCC#CCN1C(=O)CCCCC1=CCC(=O)Cc1ccccc1. The molecule has 28 heavy (non-hydrogen) atoms. The van der Waals surface area contributed by atoms with Crippen molar-refractivity contribution in [3.05, 3.63) is 47.7 Å². The van der Waals surface area contributed by atoms with Crippen LogP contribution in [0.15, 0.2) is 42.1 Å². The fourth-order valence-electron chi connectivity index (χ4n) is 2.92. The van der Waals surface area contributed by atoms with Crippen LogP contribution in [-0.4, -0.2) is 47.4 Å². The average Bonchev–Trinajstić information content (AvgIpc) is 2.85. The molecule has 0 unspecified atom stereocenters. The van der Waals surface area contributed by atoms with Gasteiger partial charge in [0.05, 0.1) is 6.54 Å². The van der Waals surface area contributed by atoms with Crippen LogP contribution < -0.4 is 0 Å². The Bertz CT molecular complexity index is 773. The molecule has 148 valence electrons. The van der Waals surface area contributed by atoms with Crippen molar-refractivity contribution >= 4 is 17.7 Å². The summed E-state index contributed by atoms with van der Waals surface area (Å²) < 4.78 is 4.86. The third kappa shape index (κ3) is 7.77. The quantitative estimate of drug-likeness (QED) is 0.551. The Balaban J connectivity index is 1.94. The number of carboxylic acids is 1. The van der Waals surface area contributed by atoms with Gasteiger partial charge in [-0.2, -0.15) is 0 Å². The molecule has 0 aliphatic carbocycles. The van der Waals surface area contributed by atoms with Gasteiger partial charge in [-0.25, -0.2) is 4.79 Å². The van der Waals surface area contributed by atoms with Crippen LogP contribution in [0.2, 0.25) is 0 Å². The van der Waals surface area contributed by atoms with Crippen molar-refractivity contribution in [2.24, 2.45) is 0 Å². The van der Waals surface area contributed by atoms with Crippen LogP contribution in [0, 0.1) is 11.8 Å². The highest BCUT2D eigenvalue weighted by Crippen LogP contribution is 2.21. The first-order chi connectivity index (χ1) is 13.6. The van der Waals surface area contributed by atoms with Gasteiger partial charge in [0.2, 0.25) is 5.91 Å². The fourth-order valence-corrected chi connectivity index (χ4v) is 2.92. The third-order valence-electron chi connectivity index (χ3n) is 4.29. The number of rotatable bonds is 8. The summed E-state index contributed by atoms with van der Waals surface area (Å²) in [5.74, 6) is 4.63. The molecule has 0 saturated carbocycles. The zero-order valence-electron chi connectivity index (χ0n) is 15.9. The number of ether oxygens (including phenoxy) is 1. The standard InChI is InChI=1S/C22H25NO5/c24-20(16-18-8-2-1-3-9-18)13-12-19-10-4-5-11-21(25)23(19)14-6-7-15-28-17-22(26)27/h1-3,8-9,12H,4-5,10-11,13-17H2,(H,26,27). The maximum Gasteiger partial charge on any atom is 0.329 e. The van der Waals surface area contributed by atoms with Crippen molar-refractivity contribution < 1.29 is 24.2 Å². The number of Topliss-reactive ketones (excluding diaryl/α,β-unsaturated/α-hetero) is 1. The van der Waals surface area contributed by atoms with Gasteiger partial charge < -0.3 is 14.7 Å². The van der Waals surface area contributed by atoms with Crippen molar-refractivity contribution in [2.75, 3.05) is 19.8 Å². The topological polar surface area (TPSA) is 83.9 Å². The van der Waals surface area contributed by atoms with Crippen LogP contribution >= 0.6 is 0 Å². The minimum absolute atomic E-state index is 0.0000118. The van der Waals surface area contributed by atoms with Crippen molar-refractivity contribution in [1.29, 1.82) is 0 Å². The number of aliphatic carboxylic acids is 1. The first-order valence-electron chi connectivity index (χ1n) is 9.36. The third-order valence-corrected chi connectivity index (χ3v) is 4.29. The Labute approximate surface area is 165 Å². The van der Waals surface area contributed by atoms with Crippen molar-refractivity contribution in [2.45, 2.75) is 38.5 Å². The predicted molar refractivity (Wildman–Crippen MR) is 104 cm³/mol. The van der Waals surface area contributed by atoms with Gasteiger partial charge in [0.15, 0.2) is 0 Å². The number of nitrogens with zero attached hydrogens (tertiary/aromatic N) is 1. The molecule has 1 aromatic carbocycles. The van der Waals surface area contributed by atoms with E-state index in [0.29, 0.717) is 12.8 Å². The summed E-state index contributed by atoms with van der Waals surface area (Å²) in [5.41, 5.74) is 1.82. The predicted octanol–water partition coefficient (Wildman–Crippen LogP) is 2.58. The molecule has 1 heterocycles. The molecule has 1 N–H and O–H groups in total. The Morgan fingerprint density at radius 3 is 2.64 bits per heavy atom. The number of ketones is 1. The highest BCUT2D eigenvalue weighted by atomic mass is 16.5. The molecule has 1 aromatic rings. The highest BCUT2D eigenvalue weighted by Gasteiger charge is 2.20. The summed E-state index contributed by atoms with van der Waals surface area (Å²) in [4.78, 5) is 36.7. The molecule has 6 heteroatoms. The Hall–Kier alpha value is -2.91. The number of allylic oxidation sites excluding steroid dienone is 2. The average molecular weight is 383 g/mol. The molecule has 0 radical (unpaired) electrons. The molecular formula is C22H25NO5. The molecule has 0 aromatic heterocycles. The van der Waals surface area contributed by atoms with Crippen molar-refractivity contribution in [1.82, 2.24) is 4.90 Å². The van der Waals surface area contributed by atoms with Gasteiger partial charge >= 0.3 is 5.97 Å². The van der Waals surface area contributed by atoms with Crippen LogP contribution in [0.4, 0.5) is 0 Å². The van der Waals surface area contributed by atoms with E-state index in [4.69, 9.17) is 9.84 Å². The van der Waals surface area contributed by atoms with Gasteiger partial charge in [-0.15, -0.1) is 0 Å². The van der Waals surface area contributed by atoms with E-state index >= 15 is 0 Å². The molecule has 0 bridgehead atoms. The first kappa shape index (κ1) is 21.4. The number of carbonyl (C=O) groups excluding carboxylic acids is 2. The van der Waals surface area contributed by atoms with E-state index < -0.39 is 12.6 Å². The Morgan fingerprint density at radius 2 is 1.89 bits per heavy atom. The molecule has 1 aliphatic rings. The molecule has 0 spiro atoms. The lowest BCUT2D eigenvalue weighted by molar-refractivity contribution is -0.141. The number of hydrogen-bond donors (Lipinski definition) is 1. The number of carboxylic acid groups (broad SMARTS) is 1. The largest absolute Gasteiger partial charge is 0.480 e. The summed E-state index contributed by atoms with van der Waals surface area (Å²) in [6, 6.07) is 9.58. The molecule has 0 atom stereocenters. The summed E-state index contributed by atoms with van der Waals surface area (Å²) >= 11 is 0. The molecule has 2 rings (SSSR count). The van der Waals surface area contributed by atoms with Gasteiger partial charge in [-0.05, 0) is 24.8 Å². The minimum Gasteiger partial charge on any atom is -0.480 e. The van der Waals surface area contributed by atoms with Crippen LogP contribution in [0.25, 0.3) is 0 Å². The number of benzene rings is 1. The van der Waals surface area contributed by atoms with Crippen molar-refractivity contribution in [3.8, 4) is 11.8 Å². The zero-order chi connectivity index (χ0) is 20.2. The second kappa shape index (κ2) is 11.7. The van der Waals surface area contributed by atoms with E-state index in [0.717, 1.165) is 30.5 Å². The number of amides is 1. The summed E-state index contributed by atoms with van der Waals surface area (Å²) in [6.45, 7) is -0.178. The van der Waals surface area contributed by atoms with Crippen molar-refractivity contribution in [3.63, 3.8) is 0 Å². The molecule has 6 nitrogen and oxygen atoms in total. The smallest absolute Gasteiger partial charge is 0.329 e. The molecule has 1 amide bonds. The van der Waals surface area contributed by atoms with Gasteiger partial charge in [0.1, 0.15) is 19.0 Å². The lowest BCUT2D eigenvalue weighted by Gasteiger charge is -2.21. The van der Waals surface area contributed by atoms with E-state index in [1.807, 2.05) is 36.4 Å². The summed E-state index contributed by atoms with van der Waals surface area (Å²) in [6.07, 6.45) is 5.42. The molecule has 1 aliphatic heterocycles. The number of carbonyl (C=O) groups is 3. The van der Waals surface area contributed by atoms with Crippen LogP contribution in [0.3, 0.4) is 0 Å². The maximum absolute atomic E-state index is 12.4. The first-order valence-corrected chi connectivity index (χ1v) is 9.36. The van der Waals surface area contributed by atoms with E-state index in [9.17, 15) is 14.4 Å². The summed E-state index contributed by atoms with van der Waals surface area (Å²) in [7, 11) is 0. The van der Waals surface area contributed by atoms with Gasteiger partial charge in [0, 0.05) is 25.0 Å². The zero-order valence-corrected chi connectivity index (χ0v) is 15.9. The lowest BCUT2D eigenvalue weighted by atomic mass is 10.1. The van der Waals surface area contributed by atoms with E-state index in [1.165, 1.54) is 0 Å². The monoisotopic (exact) mass is 383 g/mol. The van der Waals surface area contributed by atoms with Gasteiger partial charge in [-0.1, -0.05) is 48.2 Å². The van der Waals surface area contributed by atoms with Crippen LogP contribution in [-0.2, 0) is 25.5 Å². The maximum atomic E-state index is 12.4. The minimum atomic E-state index is -1.05. The Morgan fingerprint density at radius 1 is 1.14 bits per heavy atom. The molecular weight excluding hydrogens is 358 g/mol. The van der Waals surface area contributed by atoms with E-state index in [2.05, 4.69) is 11.8 Å². The number of likely N-dealkylation sites (tertiary alicyclic amines) is 1. The summed E-state index contributed by atoms with van der Waals surface area (Å²) in [5, 5.41) is 8.51. The molecule has 1 fully saturated rings. The van der Waals surface area contributed by atoms with Crippen LogP contribution in [0.5, 0.6) is 0 Å². The van der Waals surface area contributed by atoms with E-state index in [1.54, 1.807) is 4.90 Å². The van der Waals surface area contributed by atoms with Crippen LogP contribution in [0.1, 0.15) is 37.7 Å². The van der Waals surface area contributed by atoms with Gasteiger partial charge in [0.25, 0.3) is 0 Å². The molecule has 1 saturated heterocycles. The lowest BCUT2D eigenvalue weighted by Crippen LogP contribution is -2.29. The second-order valence-electron chi connectivity index (χ2n) is 6.53.